The van der Waals surface area contributed by atoms with Gasteiger partial charge in [-0.15, -0.1) is 0 Å². The van der Waals surface area contributed by atoms with Crippen LogP contribution in [0.4, 0.5) is 23.7 Å². The van der Waals surface area contributed by atoms with Gasteiger partial charge in [0.15, 0.2) is 5.17 Å². The monoisotopic (exact) mass is 347 g/mol. The second-order valence-electron chi connectivity index (χ2n) is 4.49. The number of hydrogen-bond donors (Lipinski definition) is 1. The molecule has 10 heteroatoms. The number of hydrogen-bond acceptors (Lipinski definition) is 4. The van der Waals surface area contributed by atoms with Gasteiger partial charge in [-0.2, -0.15) is 18.2 Å². The van der Waals surface area contributed by atoms with Crippen LogP contribution < -0.4 is 10.6 Å². The number of anilines is 1. The lowest BCUT2D eigenvalue weighted by Crippen LogP contribution is -2.31. The summed E-state index contributed by atoms with van der Waals surface area (Å²) in [6, 6.07) is 5.32. The summed E-state index contributed by atoms with van der Waals surface area (Å²) in [5.74, 6) is -0.289. The second-order valence-corrected chi connectivity index (χ2v) is 5.43. The molecule has 2 N–H and O–H groups in total. The van der Waals surface area contributed by atoms with Crippen LogP contribution >= 0.6 is 11.8 Å². The van der Waals surface area contributed by atoms with Crippen molar-refractivity contribution in [3.63, 3.8) is 0 Å². The molecule has 0 atom stereocenters. The summed E-state index contributed by atoms with van der Waals surface area (Å²) >= 11 is 1.02. The van der Waals surface area contributed by atoms with Gasteiger partial charge in [0.25, 0.3) is 0 Å². The quantitative estimate of drug-likeness (QED) is 0.905. The van der Waals surface area contributed by atoms with E-state index in [1.165, 1.54) is 12.1 Å². The summed E-state index contributed by atoms with van der Waals surface area (Å²) < 4.78 is 41.1. The van der Waals surface area contributed by atoms with Gasteiger partial charge in [-0.1, -0.05) is 30.0 Å². The van der Waals surface area contributed by atoms with Crippen LogP contribution in [0.15, 0.2) is 29.3 Å². The van der Waals surface area contributed by atoms with Gasteiger partial charge in [-0.25, -0.2) is 4.79 Å². The van der Waals surface area contributed by atoms with Crippen molar-refractivity contribution in [1.29, 1.82) is 0 Å². The number of urea groups is 1. The number of primary amides is 1. The van der Waals surface area contributed by atoms with E-state index in [0.29, 0.717) is 11.3 Å². The number of benzene rings is 1. The molecular formula is C13H12F3N3O3S. The summed E-state index contributed by atoms with van der Waals surface area (Å²) in [5, 5.41) is 0.0887. The second kappa shape index (κ2) is 7.01. The largest absolute Gasteiger partial charge is 0.411 e. The topological polar surface area (TPSA) is 85.0 Å². The Morgan fingerprint density at radius 2 is 2.09 bits per heavy atom. The Kier molecular flexibility index (Phi) is 5.26. The third-order valence-corrected chi connectivity index (χ3v) is 3.65. The number of nitrogens with two attached hydrogens (primary N) is 1. The normalized spacial score (nSPS) is 17.1. The number of ether oxygens (including phenoxy) is 1. The predicted molar refractivity (Wildman–Crippen MR) is 79.1 cm³/mol. The van der Waals surface area contributed by atoms with Crippen molar-refractivity contribution in [2.24, 2.45) is 10.7 Å². The molecule has 1 aromatic rings. The average molecular weight is 347 g/mol. The summed E-state index contributed by atoms with van der Waals surface area (Å²) in [4.78, 5) is 27.6. The molecule has 3 amide bonds. The van der Waals surface area contributed by atoms with Crippen LogP contribution in [0.1, 0.15) is 5.56 Å². The van der Waals surface area contributed by atoms with Gasteiger partial charge in [-0.3, -0.25) is 9.69 Å². The summed E-state index contributed by atoms with van der Waals surface area (Å²) in [6.07, 6.45) is -4.44. The highest BCUT2D eigenvalue weighted by Crippen LogP contribution is 2.30. The Morgan fingerprint density at radius 3 is 2.74 bits per heavy atom. The highest BCUT2D eigenvalue weighted by molar-refractivity contribution is 8.15. The molecule has 1 fully saturated rings. The molecule has 1 heterocycles. The molecule has 0 aliphatic carbocycles. The predicted octanol–water partition coefficient (Wildman–Crippen LogP) is 2.28. The van der Waals surface area contributed by atoms with Crippen LogP contribution in [0, 0.1) is 0 Å². The summed E-state index contributed by atoms with van der Waals surface area (Å²) in [6.45, 7) is -1.74. The van der Waals surface area contributed by atoms with Crippen molar-refractivity contribution in [3.05, 3.63) is 29.8 Å². The first kappa shape index (κ1) is 17.3. The first-order chi connectivity index (χ1) is 10.8. The third-order valence-electron chi connectivity index (χ3n) is 2.73. The summed E-state index contributed by atoms with van der Waals surface area (Å²) in [5.41, 5.74) is 5.67. The van der Waals surface area contributed by atoms with Crippen LogP contribution in [0.2, 0.25) is 0 Å². The number of carbonyl (C=O) groups is 2. The van der Waals surface area contributed by atoms with Crippen molar-refractivity contribution in [3.8, 4) is 0 Å². The molecule has 6 nitrogen and oxygen atoms in total. The van der Waals surface area contributed by atoms with Gasteiger partial charge in [0.2, 0.25) is 5.91 Å². The Hall–Kier alpha value is -2.07. The van der Waals surface area contributed by atoms with Crippen LogP contribution in [0.5, 0.6) is 0 Å². The van der Waals surface area contributed by atoms with Crippen LogP contribution in [0.25, 0.3) is 0 Å². The minimum atomic E-state index is -4.44. The molecule has 1 aliphatic heterocycles. The maximum absolute atomic E-state index is 12.2. The summed E-state index contributed by atoms with van der Waals surface area (Å²) in [7, 11) is 0. The Bertz CT molecular complexity index is 649. The van der Waals surface area contributed by atoms with Crippen molar-refractivity contribution in [2.75, 3.05) is 17.3 Å². The van der Waals surface area contributed by atoms with Crippen molar-refractivity contribution < 1.29 is 27.5 Å². The Balaban J connectivity index is 2.25. The van der Waals surface area contributed by atoms with Gasteiger partial charge in [0.1, 0.15) is 6.61 Å². The lowest BCUT2D eigenvalue weighted by atomic mass is 10.1. The van der Waals surface area contributed by atoms with Gasteiger partial charge in [0.05, 0.1) is 18.0 Å². The number of halogens is 3. The highest BCUT2D eigenvalue weighted by atomic mass is 32.2. The lowest BCUT2D eigenvalue weighted by molar-refractivity contribution is -0.176. The lowest BCUT2D eigenvalue weighted by Gasteiger charge is -2.19. The van der Waals surface area contributed by atoms with E-state index in [-0.39, 0.29) is 23.4 Å². The van der Waals surface area contributed by atoms with E-state index in [9.17, 15) is 22.8 Å². The molecule has 2 rings (SSSR count). The van der Waals surface area contributed by atoms with Crippen LogP contribution in [0.3, 0.4) is 0 Å². The standard InChI is InChI=1S/C13H12F3N3O3S/c14-13(15,16)7-22-5-8-3-1-2-4-9(8)19-10(20)6-23-12(19)18-11(17)21/h1-4H,5-7H2,(H2,17,21). The molecule has 1 aromatic carbocycles. The molecule has 23 heavy (non-hydrogen) atoms. The van der Waals surface area contributed by atoms with E-state index in [1.807, 2.05) is 0 Å². The van der Waals surface area contributed by atoms with Gasteiger partial charge >= 0.3 is 12.2 Å². The minimum Gasteiger partial charge on any atom is -0.367 e. The number of aliphatic imine (C=N–C) groups is 1. The van der Waals surface area contributed by atoms with Crippen molar-refractivity contribution in [1.82, 2.24) is 0 Å². The molecule has 0 bridgehead atoms. The van der Waals surface area contributed by atoms with E-state index in [4.69, 9.17) is 5.73 Å². The SMILES string of the molecule is NC(=O)N=C1SCC(=O)N1c1ccccc1COCC(F)(F)F. The zero-order valence-electron chi connectivity index (χ0n) is 11.7. The molecular weight excluding hydrogens is 335 g/mol. The zero-order valence-corrected chi connectivity index (χ0v) is 12.5. The van der Waals surface area contributed by atoms with Gasteiger partial charge < -0.3 is 10.5 Å². The molecule has 124 valence electrons. The minimum absolute atomic E-state index is 0.0594. The van der Waals surface area contributed by atoms with Crippen molar-refractivity contribution in [2.45, 2.75) is 12.8 Å². The molecule has 0 spiro atoms. The zero-order chi connectivity index (χ0) is 17.0. The van der Waals surface area contributed by atoms with E-state index in [0.717, 1.165) is 16.7 Å². The maximum atomic E-state index is 12.2. The van der Waals surface area contributed by atoms with Crippen LogP contribution in [-0.4, -0.2) is 35.6 Å². The molecule has 0 unspecified atom stereocenters. The van der Waals surface area contributed by atoms with Crippen molar-refractivity contribution >= 4 is 34.6 Å². The number of para-hydroxylation sites is 1. The number of thioether (sulfide) groups is 1. The highest BCUT2D eigenvalue weighted by Gasteiger charge is 2.32. The van der Waals surface area contributed by atoms with Gasteiger partial charge in [-0.05, 0) is 6.07 Å². The number of alkyl halides is 3. The maximum Gasteiger partial charge on any atom is 0.411 e. The number of carbonyl (C=O) groups excluding carboxylic acids is 2. The number of amides is 3. The molecule has 1 aliphatic rings. The average Bonchev–Trinajstić information content (AvgIpc) is 2.78. The number of amidine groups is 1. The molecule has 0 aromatic heterocycles. The van der Waals surface area contributed by atoms with E-state index >= 15 is 0 Å². The number of nitrogens with zero attached hydrogens (tertiary/aromatic N) is 2. The fourth-order valence-corrected chi connectivity index (χ4v) is 2.77. The van der Waals surface area contributed by atoms with Crippen LogP contribution in [-0.2, 0) is 16.1 Å². The number of rotatable bonds is 4. The molecule has 0 radical (unpaired) electrons. The molecule has 1 saturated heterocycles. The first-order valence-corrected chi connectivity index (χ1v) is 7.33. The fraction of sp³-hybridized carbons (Fsp3) is 0.308. The van der Waals surface area contributed by atoms with E-state index in [2.05, 4.69) is 9.73 Å². The van der Waals surface area contributed by atoms with E-state index < -0.39 is 18.8 Å². The fourth-order valence-electron chi connectivity index (χ4n) is 1.90. The van der Waals surface area contributed by atoms with E-state index in [1.54, 1.807) is 12.1 Å². The van der Waals surface area contributed by atoms with Gasteiger partial charge in [0, 0.05) is 5.56 Å². The third kappa shape index (κ3) is 4.70. The Morgan fingerprint density at radius 1 is 1.39 bits per heavy atom. The first-order valence-electron chi connectivity index (χ1n) is 6.34. The molecule has 0 saturated carbocycles. The Labute approximate surface area is 133 Å². The smallest absolute Gasteiger partial charge is 0.367 e.